The minimum absolute atomic E-state index is 0.103. The lowest BCUT2D eigenvalue weighted by atomic mass is 9.90. The second-order valence-electron chi connectivity index (χ2n) is 5.07. The van der Waals surface area contributed by atoms with Crippen LogP contribution in [-0.4, -0.2) is 31.3 Å². The fourth-order valence-electron chi connectivity index (χ4n) is 1.65. The van der Waals surface area contributed by atoms with Crippen LogP contribution in [0.2, 0.25) is 0 Å². The van der Waals surface area contributed by atoms with Gasteiger partial charge in [-0.25, -0.2) is 4.79 Å². The van der Waals surface area contributed by atoms with E-state index < -0.39 is 5.97 Å². The van der Waals surface area contributed by atoms with Crippen molar-refractivity contribution in [1.29, 1.82) is 0 Å². The first-order valence-corrected chi connectivity index (χ1v) is 5.95. The van der Waals surface area contributed by atoms with Gasteiger partial charge in [-0.15, -0.1) is 0 Å². The zero-order valence-corrected chi connectivity index (χ0v) is 11.2. The fraction of sp³-hybridized carbons (Fsp3) is 0.615. The smallest absolute Gasteiger partial charge is 0.339 e. The highest BCUT2D eigenvalue weighted by Crippen LogP contribution is 2.19. The summed E-state index contributed by atoms with van der Waals surface area (Å²) in [6, 6.07) is 1.47. The molecule has 0 saturated heterocycles. The first-order chi connectivity index (χ1) is 8.46. The fourth-order valence-corrected chi connectivity index (χ4v) is 1.65. The van der Waals surface area contributed by atoms with Crippen molar-refractivity contribution in [1.82, 2.24) is 5.32 Å². The maximum absolute atomic E-state index is 10.9. The van der Waals surface area contributed by atoms with Crippen LogP contribution in [0.25, 0.3) is 0 Å². The Balaban J connectivity index is 2.41. The van der Waals surface area contributed by atoms with E-state index in [1.54, 1.807) is 7.11 Å². The van der Waals surface area contributed by atoms with Gasteiger partial charge in [0, 0.05) is 20.3 Å². The van der Waals surface area contributed by atoms with E-state index in [1.165, 1.54) is 12.3 Å². The van der Waals surface area contributed by atoms with Crippen molar-refractivity contribution >= 4 is 5.97 Å². The molecule has 102 valence electrons. The lowest BCUT2D eigenvalue weighted by Crippen LogP contribution is -2.30. The topological polar surface area (TPSA) is 71.7 Å². The number of hydrogen-bond donors (Lipinski definition) is 2. The first-order valence-electron chi connectivity index (χ1n) is 5.95. The molecule has 1 aromatic rings. The molecule has 0 spiro atoms. The van der Waals surface area contributed by atoms with Gasteiger partial charge in [-0.2, -0.15) is 0 Å². The van der Waals surface area contributed by atoms with Crippen LogP contribution in [0.3, 0.4) is 0 Å². The van der Waals surface area contributed by atoms with Gasteiger partial charge >= 0.3 is 5.97 Å². The van der Waals surface area contributed by atoms with Crippen LogP contribution in [0, 0.1) is 5.41 Å². The molecule has 0 aromatic carbocycles. The highest BCUT2D eigenvalue weighted by molar-refractivity contribution is 5.88. The monoisotopic (exact) mass is 255 g/mol. The Kier molecular flexibility index (Phi) is 5.37. The molecule has 0 aliphatic rings. The molecule has 0 radical (unpaired) electrons. The largest absolute Gasteiger partial charge is 0.478 e. The maximum Gasteiger partial charge on any atom is 0.339 e. The summed E-state index contributed by atoms with van der Waals surface area (Å²) in [6.45, 7) is 6.19. The number of ether oxygens (including phenoxy) is 1. The van der Waals surface area contributed by atoms with Crippen LogP contribution in [0.15, 0.2) is 16.7 Å². The van der Waals surface area contributed by atoms with Crippen LogP contribution >= 0.6 is 0 Å². The molecule has 5 nitrogen and oxygen atoms in total. The molecule has 1 rings (SSSR count). The molecule has 18 heavy (non-hydrogen) atoms. The van der Waals surface area contributed by atoms with Gasteiger partial charge in [-0.1, -0.05) is 13.8 Å². The normalized spacial score (nSPS) is 11.7. The summed E-state index contributed by atoms with van der Waals surface area (Å²) in [6.07, 6.45) is 2.34. The van der Waals surface area contributed by atoms with Crippen molar-refractivity contribution in [2.75, 3.05) is 20.3 Å². The maximum atomic E-state index is 10.9. The van der Waals surface area contributed by atoms with Gasteiger partial charge in [0.2, 0.25) is 0 Å². The van der Waals surface area contributed by atoms with E-state index in [0.717, 1.165) is 19.6 Å². The molecule has 0 saturated carbocycles. The third kappa shape index (κ3) is 4.50. The number of carbonyl (C=O) groups is 1. The summed E-state index contributed by atoms with van der Waals surface area (Å²) in [5, 5.41) is 12.1. The molecule has 0 fully saturated rings. The highest BCUT2D eigenvalue weighted by Gasteiger charge is 2.18. The van der Waals surface area contributed by atoms with E-state index in [2.05, 4.69) is 19.2 Å². The number of aromatic carboxylic acids is 1. The number of methoxy groups -OCH3 is 1. The van der Waals surface area contributed by atoms with E-state index >= 15 is 0 Å². The number of hydrogen-bond acceptors (Lipinski definition) is 4. The molecule has 0 unspecified atom stereocenters. The first kappa shape index (κ1) is 14.7. The van der Waals surface area contributed by atoms with Crippen molar-refractivity contribution in [3.63, 3.8) is 0 Å². The summed E-state index contributed by atoms with van der Waals surface area (Å²) in [7, 11) is 1.69. The van der Waals surface area contributed by atoms with E-state index in [1.807, 2.05) is 0 Å². The van der Waals surface area contributed by atoms with E-state index in [-0.39, 0.29) is 11.0 Å². The van der Waals surface area contributed by atoms with Crippen LogP contribution in [0.5, 0.6) is 0 Å². The van der Waals surface area contributed by atoms with Gasteiger partial charge in [0.15, 0.2) is 0 Å². The van der Waals surface area contributed by atoms with Crippen molar-refractivity contribution in [3.8, 4) is 0 Å². The molecule has 2 N–H and O–H groups in total. The predicted octanol–water partition coefficient (Wildman–Crippen LogP) is 2.13. The Labute approximate surface area is 107 Å². The van der Waals surface area contributed by atoms with Gasteiger partial charge in [0.1, 0.15) is 11.3 Å². The average Bonchev–Trinajstić information content (AvgIpc) is 2.74. The van der Waals surface area contributed by atoms with Crippen LogP contribution in [-0.2, 0) is 11.3 Å². The molecular formula is C13H21NO4. The molecule has 0 bridgehead atoms. The van der Waals surface area contributed by atoms with Gasteiger partial charge in [0.25, 0.3) is 0 Å². The number of nitrogens with one attached hydrogen (secondary N) is 1. The van der Waals surface area contributed by atoms with E-state index in [9.17, 15) is 4.79 Å². The molecule has 1 aromatic heterocycles. The number of carboxylic acid groups (broad SMARTS) is 1. The minimum atomic E-state index is -0.959. The summed E-state index contributed by atoms with van der Waals surface area (Å²) >= 11 is 0. The standard InChI is InChI=1S/C13H21NO4/c1-13(2,5-7-17-3)9-14-8-11-10(12(15)16)4-6-18-11/h4,6,14H,5,7-9H2,1-3H3,(H,15,16). The third-order valence-corrected chi connectivity index (χ3v) is 2.85. The molecule has 5 heteroatoms. The lowest BCUT2D eigenvalue weighted by Gasteiger charge is -2.24. The summed E-state index contributed by atoms with van der Waals surface area (Å²) in [5.41, 5.74) is 0.323. The van der Waals surface area contributed by atoms with Crippen LogP contribution in [0.4, 0.5) is 0 Å². The zero-order chi connectivity index (χ0) is 13.6. The Morgan fingerprint density at radius 2 is 2.28 bits per heavy atom. The van der Waals surface area contributed by atoms with Crippen molar-refractivity contribution < 1.29 is 19.1 Å². The number of carboxylic acids is 1. The molecule has 1 heterocycles. The van der Waals surface area contributed by atoms with Gasteiger partial charge in [0.05, 0.1) is 12.8 Å². The molecule has 0 atom stereocenters. The molecule has 0 aliphatic heterocycles. The highest BCUT2D eigenvalue weighted by atomic mass is 16.5. The van der Waals surface area contributed by atoms with Crippen LogP contribution < -0.4 is 5.32 Å². The second kappa shape index (κ2) is 6.56. The second-order valence-corrected chi connectivity index (χ2v) is 5.07. The van der Waals surface area contributed by atoms with Crippen molar-refractivity contribution in [3.05, 3.63) is 23.7 Å². The minimum Gasteiger partial charge on any atom is -0.478 e. The predicted molar refractivity (Wildman–Crippen MR) is 67.6 cm³/mol. The Morgan fingerprint density at radius 1 is 1.56 bits per heavy atom. The van der Waals surface area contributed by atoms with E-state index in [4.69, 9.17) is 14.3 Å². The Morgan fingerprint density at radius 3 is 2.89 bits per heavy atom. The van der Waals surface area contributed by atoms with Gasteiger partial charge in [-0.3, -0.25) is 0 Å². The van der Waals surface area contributed by atoms with Crippen molar-refractivity contribution in [2.45, 2.75) is 26.8 Å². The summed E-state index contributed by atoms with van der Waals surface area (Å²) < 4.78 is 10.2. The quantitative estimate of drug-likeness (QED) is 0.744. The van der Waals surface area contributed by atoms with Gasteiger partial charge < -0.3 is 19.6 Å². The third-order valence-electron chi connectivity index (χ3n) is 2.85. The summed E-state index contributed by atoms with van der Waals surface area (Å²) in [5.74, 6) is -0.496. The number of furan rings is 1. The number of rotatable bonds is 8. The van der Waals surface area contributed by atoms with Gasteiger partial charge in [-0.05, 0) is 17.9 Å². The Hall–Kier alpha value is -1.33. The zero-order valence-electron chi connectivity index (χ0n) is 11.2. The van der Waals surface area contributed by atoms with E-state index in [0.29, 0.717) is 12.3 Å². The molecule has 0 aliphatic carbocycles. The molecule has 0 amide bonds. The average molecular weight is 255 g/mol. The lowest BCUT2D eigenvalue weighted by molar-refractivity contribution is 0.0694. The van der Waals surface area contributed by atoms with Crippen LogP contribution in [0.1, 0.15) is 36.4 Å². The SMILES string of the molecule is COCCC(C)(C)CNCc1occc1C(=O)O. The Bertz CT molecular complexity index is 384. The summed E-state index contributed by atoms with van der Waals surface area (Å²) in [4.78, 5) is 10.9. The van der Waals surface area contributed by atoms with Crippen molar-refractivity contribution in [2.24, 2.45) is 5.41 Å². The molecular weight excluding hydrogens is 234 g/mol.